The van der Waals surface area contributed by atoms with E-state index in [1.807, 2.05) is 29.2 Å². The van der Waals surface area contributed by atoms with Gasteiger partial charge in [-0.2, -0.15) is 5.10 Å². The zero-order chi connectivity index (χ0) is 19.6. The molecule has 0 unspecified atom stereocenters. The number of aromatic amines is 1. The van der Waals surface area contributed by atoms with Crippen LogP contribution in [0.15, 0.2) is 30.5 Å². The van der Waals surface area contributed by atoms with E-state index >= 15 is 0 Å². The molecule has 0 spiro atoms. The Labute approximate surface area is 160 Å². The summed E-state index contributed by atoms with van der Waals surface area (Å²) in [5.74, 6) is 0.0713. The highest BCUT2D eigenvalue weighted by atomic mass is 16.2. The number of amides is 2. The lowest BCUT2D eigenvalue weighted by molar-refractivity contribution is -0.114. The number of nitrogens with zero attached hydrogens (tertiary/aromatic N) is 2. The number of carbonyl (C=O) groups is 2. The Morgan fingerprint density at radius 1 is 1.22 bits per heavy atom. The lowest BCUT2D eigenvalue weighted by Crippen LogP contribution is -2.39. The highest BCUT2D eigenvalue weighted by Crippen LogP contribution is 2.31. The normalized spacial score (nSPS) is 17.6. The van der Waals surface area contributed by atoms with Crippen molar-refractivity contribution < 1.29 is 9.59 Å². The summed E-state index contributed by atoms with van der Waals surface area (Å²) in [5, 5.41) is 9.88. The Morgan fingerprint density at radius 2 is 1.93 bits per heavy atom. The third-order valence-corrected chi connectivity index (χ3v) is 5.09. The Balaban J connectivity index is 1.73. The predicted molar refractivity (Wildman–Crippen MR) is 106 cm³/mol. The molecule has 6 heteroatoms. The maximum Gasteiger partial charge on any atom is 0.253 e. The Kier molecular flexibility index (Phi) is 5.35. The fraction of sp³-hybridized carbons (Fsp3) is 0.476. The highest BCUT2D eigenvalue weighted by molar-refractivity contribution is 5.94. The van der Waals surface area contributed by atoms with Gasteiger partial charge in [-0.1, -0.05) is 32.9 Å². The van der Waals surface area contributed by atoms with Gasteiger partial charge in [-0.05, 0) is 36.0 Å². The van der Waals surface area contributed by atoms with Crippen LogP contribution in [-0.4, -0.2) is 40.0 Å². The number of hydrogen-bond donors (Lipinski definition) is 2. The number of piperidine rings is 1. The van der Waals surface area contributed by atoms with Gasteiger partial charge in [-0.3, -0.25) is 14.7 Å². The van der Waals surface area contributed by atoms with Gasteiger partial charge in [-0.25, -0.2) is 0 Å². The average Bonchev–Trinajstić information content (AvgIpc) is 3.08. The smallest absolute Gasteiger partial charge is 0.253 e. The van der Waals surface area contributed by atoms with Gasteiger partial charge in [0.2, 0.25) is 5.91 Å². The summed E-state index contributed by atoms with van der Waals surface area (Å²) in [6.45, 7) is 9.34. The molecule has 6 nitrogen and oxygen atoms in total. The number of hydrogen-bond acceptors (Lipinski definition) is 3. The van der Waals surface area contributed by atoms with E-state index in [0.717, 1.165) is 30.6 Å². The molecule has 1 fully saturated rings. The van der Waals surface area contributed by atoms with E-state index in [9.17, 15) is 9.59 Å². The highest BCUT2D eigenvalue weighted by Gasteiger charge is 2.28. The SMILES string of the molecule is CC(=O)Nc1cn[nH]c1[C@@H]1CCCN(C(=O)c2ccc(C(C)(C)C)cc2)C1. The van der Waals surface area contributed by atoms with E-state index in [0.29, 0.717) is 12.2 Å². The molecular weight excluding hydrogens is 340 g/mol. The number of anilines is 1. The van der Waals surface area contributed by atoms with Gasteiger partial charge < -0.3 is 10.2 Å². The number of carbonyl (C=O) groups excluding carboxylic acids is 2. The molecule has 0 bridgehead atoms. The molecule has 0 aliphatic carbocycles. The Bertz CT molecular complexity index is 817. The maximum atomic E-state index is 13.0. The van der Waals surface area contributed by atoms with E-state index in [1.54, 1.807) is 6.20 Å². The molecule has 2 aromatic rings. The largest absolute Gasteiger partial charge is 0.338 e. The van der Waals surface area contributed by atoms with Crippen LogP contribution in [0.5, 0.6) is 0 Å². The summed E-state index contributed by atoms with van der Waals surface area (Å²) in [6.07, 6.45) is 3.51. The average molecular weight is 368 g/mol. The second-order valence-electron chi connectivity index (χ2n) is 8.30. The molecule has 27 heavy (non-hydrogen) atoms. The van der Waals surface area contributed by atoms with Gasteiger partial charge in [0, 0.05) is 31.5 Å². The minimum atomic E-state index is -0.125. The van der Waals surface area contributed by atoms with E-state index in [2.05, 4.69) is 36.3 Å². The molecule has 1 saturated heterocycles. The number of nitrogens with one attached hydrogen (secondary N) is 2. The van der Waals surface area contributed by atoms with Crippen LogP contribution < -0.4 is 5.32 Å². The third-order valence-electron chi connectivity index (χ3n) is 5.09. The molecule has 144 valence electrons. The van der Waals surface area contributed by atoms with Crippen LogP contribution >= 0.6 is 0 Å². The van der Waals surface area contributed by atoms with Gasteiger partial charge in [0.15, 0.2) is 0 Å². The van der Waals surface area contributed by atoms with Crippen LogP contribution in [-0.2, 0) is 10.2 Å². The van der Waals surface area contributed by atoms with Crippen LogP contribution in [0.2, 0.25) is 0 Å². The molecule has 1 atom stereocenters. The number of H-pyrrole nitrogens is 1. The van der Waals surface area contributed by atoms with Crippen molar-refractivity contribution in [3.8, 4) is 0 Å². The zero-order valence-corrected chi connectivity index (χ0v) is 16.5. The number of rotatable bonds is 3. The fourth-order valence-electron chi connectivity index (χ4n) is 3.59. The second kappa shape index (κ2) is 7.55. The molecule has 3 rings (SSSR count). The topological polar surface area (TPSA) is 78.1 Å². The van der Waals surface area contributed by atoms with Gasteiger partial charge in [0.05, 0.1) is 17.6 Å². The van der Waals surface area contributed by atoms with Gasteiger partial charge in [-0.15, -0.1) is 0 Å². The maximum absolute atomic E-state index is 13.0. The standard InChI is InChI=1S/C21H28N4O2/c1-14(26)23-18-12-22-24-19(18)16-6-5-11-25(13-16)20(27)15-7-9-17(10-8-15)21(2,3)4/h7-10,12,16H,5-6,11,13H2,1-4H3,(H,22,24)(H,23,26)/t16-/m1/s1. The Morgan fingerprint density at radius 3 is 2.56 bits per heavy atom. The molecule has 1 aliphatic rings. The van der Waals surface area contributed by atoms with Crippen LogP contribution in [0, 0.1) is 0 Å². The first-order valence-electron chi connectivity index (χ1n) is 9.46. The number of likely N-dealkylation sites (tertiary alicyclic amines) is 1. The van der Waals surface area contributed by atoms with E-state index < -0.39 is 0 Å². The monoisotopic (exact) mass is 368 g/mol. The fourth-order valence-corrected chi connectivity index (χ4v) is 3.59. The first-order chi connectivity index (χ1) is 12.8. The van der Waals surface area contributed by atoms with Gasteiger partial charge >= 0.3 is 0 Å². The first kappa shape index (κ1) is 19.1. The lowest BCUT2D eigenvalue weighted by atomic mass is 9.86. The summed E-state index contributed by atoms with van der Waals surface area (Å²) in [5.41, 5.74) is 3.60. The van der Waals surface area contributed by atoms with E-state index in [1.165, 1.54) is 12.5 Å². The van der Waals surface area contributed by atoms with Crippen molar-refractivity contribution in [2.75, 3.05) is 18.4 Å². The Hall–Kier alpha value is -2.63. The summed E-state index contributed by atoms with van der Waals surface area (Å²) >= 11 is 0. The van der Waals surface area contributed by atoms with Crippen molar-refractivity contribution in [1.82, 2.24) is 15.1 Å². The minimum Gasteiger partial charge on any atom is -0.338 e. The predicted octanol–water partition coefficient (Wildman–Crippen LogP) is 3.69. The molecule has 2 N–H and O–H groups in total. The zero-order valence-electron chi connectivity index (χ0n) is 16.5. The van der Waals surface area contributed by atoms with E-state index in [4.69, 9.17) is 0 Å². The van der Waals surface area contributed by atoms with Crippen molar-refractivity contribution in [3.63, 3.8) is 0 Å². The quantitative estimate of drug-likeness (QED) is 0.867. The van der Waals surface area contributed by atoms with Crippen LogP contribution in [0.4, 0.5) is 5.69 Å². The molecule has 0 radical (unpaired) electrons. The molecule has 2 amide bonds. The number of aromatic nitrogens is 2. The van der Waals surface area contributed by atoms with Crippen molar-refractivity contribution in [2.24, 2.45) is 0 Å². The first-order valence-corrected chi connectivity index (χ1v) is 9.46. The van der Waals surface area contributed by atoms with Crippen molar-refractivity contribution in [2.45, 2.75) is 51.9 Å². The van der Waals surface area contributed by atoms with Crippen molar-refractivity contribution in [3.05, 3.63) is 47.3 Å². The van der Waals surface area contributed by atoms with E-state index in [-0.39, 0.29) is 23.1 Å². The summed E-state index contributed by atoms with van der Waals surface area (Å²) < 4.78 is 0. The molecule has 1 aromatic heterocycles. The molecule has 2 heterocycles. The summed E-state index contributed by atoms with van der Waals surface area (Å²) in [4.78, 5) is 26.3. The molecule has 0 saturated carbocycles. The summed E-state index contributed by atoms with van der Waals surface area (Å²) in [6, 6.07) is 7.92. The van der Waals surface area contributed by atoms with Crippen LogP contribution in [0.3, 0.4) is 0 Å². The lowest BCUT2D eigenvalue weighted by Gasteiger charge is -2.33. The second-order valence-corrected chi connectivity index (χ2v) is 8.30. The molecule has 1 aliphatic heterocycles. The van der Waals surface area contributed by atoms with Gasteiger partial charge in [0.1, 0.15) is 0 Å². The van der Waals surface area contributed by atoms with Crippen molar-refractivity contribution in [1.29, 1.82) is 0 Å². The van der Waals surface area contributed by atoms with Crippen LogP contribution in [0.1, 0.15) is 68.1 Å². The van der Waals surface area contributed by atoms with Gasteiger partial charge in [0.25, 0.3) is 5.91 Å². The number of benzene rings is 1. The van der Waals surface area contributed by atoms with Crippen LogP contribution in [0.25, 0.3) is 0 Å². The summed E-state index contributed by atoms with van der Waals surface area (Å²) in [7, 11) is 0. The third kappa shape index (κ3) is 4.38. The van der Waals surface area contributed by atoms with Crippen molar-refractivity contribution >= 4 is 17.5 Å². The minimum absolute atomic E-state index is 0.0563. The molecular formula is C21H28N4O2. The molecule has 1 aromatic carbocycles.